The Bertz CT molecular complexity index is 1500. The van der Waals surface area contributed by atoms with Gasteiger partial charge in [-0.2, -0.15) is 0 Å². The molecule has 0 amide bonds. The number of rotatable bonds is 4. The van der Waals surface area contributed by atoms with Gasteiger partial charge in [0.1, 0.15) is 35.3 Å². The molecule has 1 saturated carbocycles. The zero-order valence-electron chi connectivity index (χ0n) is 20.7. The number of fused-ring (bicyclic) bond motifs is 6. The molecule has 11 heteroatoms. The molecule has 5 heterocycles. The summed E-state index contributed by atoms with van der Waals surface area (Å²) in [7, 11) is 0. The Balaban J connectivity index is 1.14. The fourth-order valence-electron chi connectivity index (χ4n) is 6.40. The van der Waals surface area contributed by atoms with E-state index >= 15 is 0 Å². The van der Waals surface area contributed by atoms with E-state index in [1.54, 1.807) is 11.3 Å². The Kier molecular flexibility index (Phi) is 5.06. The number of thiophene rings is 1. The summed E-state index contributed by atoms with van der Waals surface area (Å²) < 4.78 is 40.9. The van der Waals surface area contributed by atoms with Crippen molar-refractivity contribution in [3.63, 3.8) is 0 Å². The van der Waals surface area contributed by atoms with Crippen LogP contribution in [0.4, 0.5) is 8.78 Å². The summed E-state index contributed by atoms with van der Waals surface area (Å²) in [6.45, 7) is 1.78. The fraction of sp³-hybridized carbons (Fsp3) is 0.519. The highest BCUT2D eigenvalue weighted by Gasteiger charge is 2.54. The van der Waals surface area contributed by atoms with E-state index < -0.39 is 18.6 Å². The third-order valence-corrected chi connectivity index (χ3v) is 9.98. The van der Waals surface area contributed by atoms with Crippen LogP contribution in [0.3, 0.4) is 0 Å². The summed E-state index contributed by atoms with van der Waals surface area (Å²) in [5, 5.41) is 14.1. The monoisotopic (exact) mass is 557 g/mol. The van der Waals surface area contributed by atoms with Crippen LogP contribution in [0.15, 0.2) is 29.3 Å². The van der Waals surface area contributed by atoms with Gasteiger partial charge in [-0.25, -0.2) is 8.78 Å². The van der Waals surface area contributed by atoms with Crippen LogP contribution in [-0.4, -0.2) is 58.0 Å². The minimum absolute atomic E-state index is 0.00531. The lowest BCUT2D eigenvalue weighted by atomic mass is 9.96. The average molecular weight is 558 g/mol. The molecular formula is C27H26ClF2N5O2S. The molecule has 1 N–H and O–H groups in total. The quantitative estimate of drug-likeness (QED) is 0.475. The van der Waals surface area contributed by atoms with Crippen LogP contribution in [0.25, 0.3) is 5.00 Å². The number of aryl methyl sites for hydroxylation is 1. The average Bonchev–Trinajstić information content (AvgIpc) is 3.70. The maximum atomic E-state index is 13.8. The molecule has 2 aromatic heterocycles. The maximum Gasteiger partial charge on any atom is 0.272 e. The highest BCUT2D eigenvalue weighted by atomic mass is 35.5. The molecular weight excluding hydrogens is 532 g/mol. The zero-order valence-corrected chi connectivity index (χ0v) is 22.3. The topological polar surface area (TPSA) is 76.9 Å². The first-order valence-corrected chi connectivity index (χ1v) is 14.3. The van der Waals surface area contributed by atoms with E-state index in [4.69, 9.17) is 26.1 Å². The third kappa shape index (κ3) is 3.64. The van der Waals surface area contributed by atoms with Gasteiger partial charge in [0.2, 0.25) is 0 Å². The van der Waals surface area contributed by atoms with Crippen LogP contribution in [0, 0.1) is 12.8 Å². The highest BCUT2D eigenvalue weighted by molar-refractivity contribution is 7.15. The lowest BCUT2D eigenvalue weighted by molar-refractivity contribution is -0.126. The van der Waals surface area contributed by atoms with Gasteiger partial charge in [0.15, 0.2) is 5.82 Å². The maximum absolute atomic E-state index is 13.8. The number of nitrogens with zero attached hydrogens (tertiary/aromatic N) is 4. The summed E-state index contributed by atoms with van der Waals surface area (Å²) in [6, 6.07) is 7.50. The Morgan fingerprint density at radius 3 is 2.82 bits per heavy atom. The molecule has 4 atom stereocenters. The van der Waals surface area contributed by atoms with E-state index in [9.17, 15) is 8.78 Å². The second-order valence-corrected chi connectivity index (χ2v) is 12.7. The summed E-state index contributed by atoms with van der Waals surface area (Å²) in [5.74, 6) is -0.741. The third-order valence-electron chi connectivity index (χ3n) is 8.41. The predicted molar refractivity (Wildman–Crippen MR) is 139 cm³/mol. The van der Waals surface area contributed by atoms with Crippen LogP contribution in [0.2, 0.25) is 5.02 Å². The smallest absolute Gasteiger partial charge is 0.272 e. The molecule has 0 radical (unpaired) electrons. The molecule has 3 fully saturated rings. The second-order valence-electron chi connectivity index (χ2n) is 11.2. The molecule has 7 nitrogen and oxygen atoms in total. The first kappa shape index (κ1) is 23.6. The van der Waals surface area contributed by atoms with Crippen LogP contribution in [-0.2, 0) is 27.9 Å². The first-order chi connectivity index (χ1) is 18.3. The number of benzene rings is 1. The van der Waals surface area contributed by atoms with Crippen LogP contribution >= 0.6 is 22.9 Å². The van der Waals surface area contributed by atoms with E-state index in [2.05, 4.69) is 20.1 Å². The van der Waals surface area contributed by atoms with Crippen LogP contribution < -0.4 is 5.32 Å². The number of halogens is 3. The number of alkyl halides is 2. The Labute approximate surface area is 227 Å². The van der Waals surface area contributed by atoms with Gasteiger partial charge in [0.25, 0.3) is 5.92 Å². The van der Waals surface area contributed by atoms with Gasteiger partial charge in [0.05, 0.1) is 12.3 Å². The summed E-state index contributed by atoms with van der Waals surface area (Å²) in [5.41, 5.74) is 3.91. The highest BCUT2D eigenvalue weighted by Crippen LogP contribution is 2.54. The minimum atomic E-state index is -2.79. The molecule has 38 heavy (non-hydrogen) atoms. The van der Waals surface area contributed by atoms with Gasteiger partial charge in [-0.15, -0.1) is 21.5 Å². The molecule has 3 unspecified atom stereocenters. The van der Waals surface area contributed by atoms with Gasteiger partial charge in [-0.1, -0.05) is 29.8 Å². The zero-order chi connectivity index (χ0) is 25.8. The van der Waals surface area contributed by atoms with Gasteiger partial charge >= 0.3 is 0 Å². The number of nitrogens with one attached hydrogen (secondary N) is 1. The number of aliphatic imine (C=N–C) groups is 1. The van der Waals surface area contributed by atoms with Gasteiger partial charge in [-0.05, 0) is 50.2 Å². The first-order valence-electron chi connectivity index (χ1n) is 13.1. The predicted octanol–water partition coefficient (Wildman–Crippen LogP) is 4.58. The largest absolute Gasteiger partial charge is 0.374 e. The van der Waals surface area contributed by atoms with Crippen molar-refractivity contribution in [3.05, 3.63) is 62.5 Å². The van der Waals surface area contributed by atoms with Crippen molar-refractivity contribution in [1.82, 2.24) is 20.1 Å². The normalized spacial score (nSPS) is 29.8. The van der Waals surface area contributed by atoms with Crippen molar-refractivity contribution in [3.8, 4) is 5.00 Å². The molecule has 5 aliphatic rings. The number of ether oxygens (including phenoxy) is 2. The lowest BCUT2D eigenvalue weighted by Crippen LogP contribution is -2.47. The van der Waals surface area contributed by atoms with Crippen LogP contribution in [0.5, 0.6) is 0 Å². The van der Waals surface area contributed by atoms with E-state index in [-0.39, 0.29) is 36.8 Å². The van der Waals surface area contributed by atoms with E-state index in [1.807, 2.05) is 31.2 Å². The number of hydrogen-bond donors (Lipinski definition) is 1. The van der Waals surface area contributed by atoms with Crippen molar-refractivity contribution in [2.24, 2.45) is 10.9 Å². The molecule has 8 rings (SSSR count). The van der Waals surface area contributed by atoms with Crippen molar-refractivity contribution in [1.29, 1.82) is 0 Å². The van der Waals surface area contributed by atoms with Gasteiger partial charge < -0.3 is 9.47 Å². The van der Waals surface area contributed by atoms with Crippen molar-refractivity contribution in [2.75, 3.05) is 13.2 Å². The molecule has 3 aliphatic heterocycles. The molecule has 2 aliphatic carbocycles. The molecule has 2 saturated heterocycles. The summed E-state index contributed by atoms with van der Waals surface area (Å²) in [6.07, 6.45) is 3.16. The molecule has 1 spiro atoms. The number of epoxide rings is 1. The Morgan fingerprint density at radius 1 is 1.18 bits per heavy atom. The van der Waals surface area contributed by atoms with Gasteiger partial charge in [-0.3, -0.25) is 14.9 Å². The van der Waals surface area contributed by atoms with Crippen LogP contribution in [0.1, 0.15) is 52.5 Å². The lowest BCUT2D eigenvalue weighted by Gasteiger charge is -2.29. The molecule has 3 aromatic rings. The van der Waals surface area contributed by atoms with Crippen molar-refractivity contribution >= 4 is 28.6 Å². The molecule has 198 valence electrons. The summed E-state index contributed by atoms with van der Waals surface area (Å²) in [4.78, 5) is 6.69. The van der Waals surface area contributed by atoms with Gasteiger partial charge in [0, 0.05) is 33.5 Å². The molecule has 1 aromatic carbocycles. The minimum Gasteiger partial charge on any atom is -0.374 e. The summed E-state index contributed by atoms with van der Waals surface area (Å²) >= 11 is 8.52. The van der Waals surface area contributed by atoms with Crippen molar-refractivity contribution in [2.45, 2.75) is 68.9 Å². The van der Waals surface area contributed by atoms with E-state index in [0.29, 0.717) is 5.02 Å². The Morgan fingerprint density at radius 2 is 2.03 bits per heavy atom. The fourth-order valence-corrected chi connectivity index (χ4v) is 8.09. The Hall–Kier alpha value is -2.24. The van der Waals surface area contributed by atoms with E-state index in [0.717, 1.165) is 59.2 Å². The standard InChI is InChI=1S/C27H26ClF2N5O2S/c1-13-33-34-25-26(6-7-26)32-21(16-4-2-3-5-18(16)28)20-17-8-14(9-19(17)38-24(20)35(13)25)22-23(37-22)31-15-10-27(29,30)12-36-11-15/h2-5,14-15,22-23,31H,6-12H2,1H3/t14-,15?,22?,23?/m0/s1. The SMILES string of the molecule is Cc1nnc2n1-c1sc3c(c1C(c1ccccc1Cl)=NC21CC1)C[C@H](C1OC1NC1COCC(F)(F)C1)C3. The number of hydrogen-bond acceptors (Lipinski definition) is 7. The van der Waals surface area contributed by atoms with Crippen molar-refractivity contribution < 1.29 is 18.3 Å². The number of aromatic nitrogens is 3. The molecule has 0 bridgehead atoms. The second kappa shape index (κ2) is 8.14. The van der Waals surface area contributed by atoms with E-state index in [1.165, 1.54) is 10.4 Å².